The second kappa shape index (κ2) is 6.92. The summed E-state index contributed by atoms with van der Waals surface area (Å²) in [6.07, 6.45) is 3.26. The minimum atomic E-state index is -0.202. The minimum absolute atomic E-state index is 0.202. The largest absolute Gasteiger partial charge is 0.454 e. The highest BCUT2D eigenvalue weighted by Gasteiger charge is 2.15. The van der Waals surface area contributed by atoms with Gasteiger partial charge >= 0.3 is 0 Å². The summed E-state index contributed by atoms with van der Waals surface area (Å²) in [6.45, 7) is 2.94. The fourth-order valence-electron chi connectivity index (χ4n) is 2.92. The van der Waals surface area contributed by atoms with Gasteiger partial charge in [0.1, 0.15) is 0 Å². The van der Waals surface area contributed by atoms with Gasteiger partial charge in [-0.2, -0.15) is 0 Å². The summed E-state index contributed by atoms with van der Waals surface area (Å²) in [5, 5.41) is 3.17. The molecule has 2 aromatic carbocycles. The van der Waals surface area contributed by atoms with Crippen molar-refractivity contribution in [2.75, 3.05) is 18.7 Å². The van der Waals surface area contributed by atoms with Crippen LogP contribution >= 0.6 is 0 Å². The molecule has 1 atom stereocenters. The smallest absolute Gasteiger partial charge is 0.297 e. The molecule has 132 valence electrons. The predicted molar refractivity (Wildman–Crippen MR) is 99.3 cm³/mol. The van der Waals surface area contributed by atoms with E-state index in [1.165, 1.54) is 5.56 Å². The Labute approximate surface area is 151 Å². The zero-order valence-corrected chi connectivity index (χ0v) is 14.4. The molecule has 0 spiro atoms. The quantitative estimate of drug-likeness (QED) is 0.766. The van der Waals surface area contributed by atoms with Gasteiger partial charge in [0.25, 0.3) is 5.56 Å². The first kappa shape index (κ1) is 16.2. The molecular weight excluding hydrogens is 330 g/mol. The molecule has 3 aromatic rings. The first-order valence-electron chi connectivity index (χ1n) is 8.49. The lowest BCUT2D eigenvalue weighted by molar-refractivity contribution is 0.174. The van der Waals surface area contributed by atoms with Gasteiger partial charge in [-0.1, -0.05) is 37.3 Å². The number of fused-ring (bicyclic) bond motifs is 1. The Morgan fingerprint density at radius 3 is 2.81 bits per heavy atom. The summed E-state index contributed by atoms with van der Waals surface area (Å²) in [5.74, 6) is 1.91. The zero-order valence-electron chi connectivity index (χ0n) is 14.4. The first-order valence-corrected chi connectivity index (χ1v) is 8.49. The van der Waals surface area contributed by atoms with Crippen molar-refractivity contribution in [3.05, 3.63) is 76.8 Å². The number of hydrogen-bond donors (Lipinski definition) is 1. The van der Waals surface area contributed by atoms with Gasteiger partial charge in [0.15, 0.2) is 17.3 Å². The molecule has 1 N–H and O–H groups in total. The lowest BCUT2D eigenvalue weighted by Crippen LogP contribution is -2.24. The van der Waals surface area contributed by atoms with Gasteiger partial charge < -0.3 is 14.8 Å². The van der Waals surface area contributed by atoms with Gasteiger partial charge in [-0.3, -0.25) is 9.36 Å². The monoisotopic (exact) mass is 349 g/mol. The number of hydrogen-bond acceptors (Lipinski definition) is 5. The van der Waals surface area contributed by atoms with Crippen molar-refractivity contribution >= 4 is 5.82 Å². The van der Waals surface area contributed by atoms with E-state index in [9.17, 15) is 4.79 Å². The second-order valence-electron chi connectivity index (χ2n) is 6.18. The molecule has 0 fully saturated rings. The number of benzene rings is 2. The van der Waals surface area contributed by atoms with E-state index in [1.54, 1.807) is 29.1 Å². The van der Waals surface area contributed by atoms with Crippen molar-refractivity contribution in [1.82, 2.24) is 9.55 Å². The number of nitrogens with one attached hydrogen (secondary N) is 1. The molecule has 26 heavy (non-hydrogen) atoms. The molecule has 0 saturated carbocycles. The third kappa shape index (κ3) is 3.13. The number of nitrogens with zero attached hydrogens (tertiary/aromatic N) is 2. The summed E-state index contributed by atoms with van der Waals surface area (Å²) in [7, 11) is 0. The molecule has 0 radical (unpaired) electrons. The molecular formula is C20H19N3O3. The van der Waals surface area contributed by atoms with E-state index < -0.39 is 0 Å². The summed E-state index contributed by atoms with van der Waals surface area (Å²) in [5.41, 5.74) is 1.72. The average Bonchev–Trinajstić information content (AvgIpc) is 3.15. The van der Waals surface area contributed by atoms with E-state index in [0.29, 0.717) is 29.5 Å². The lowest BCUT2D eigenvalue weighted by Gasteiger charge is -2.14. The van der Waals surface area contributed by atoms with Crippen molar-refractivity contribution in [1.29, 1.82) is 0 Å². The number of aromatic nitrogens is 2. The molecule has 4 rings (SSSR count). The molecule has 6 heteroatoms. The van der Waals surface area contributed by atoms with Crippen LogP contribution in [0, 0.1) is 0 Å². The SMILES string of the molecule is CC(CNc1nccn(-c2ccc3c(c2)OCO3)c1=O)c1ccccc1. The number of ether oxygens (including phenoxy) is 2. The second-order valence-corrected chi connectivity index (χ2v) is 6.18. The van der Waals surface area contributed by atoms with Gasteiger partial charge in [0.2, 0.25) is 6.79 Å². The molecule has 0 aliphatic carbocycles. The molecule has 0 saturated heterocycles. The molecule has 1 aromatic heterocycles. The van der Waals surface area contributed by atoms with Crippen LogP contribution < -0.4 is 20.3 Å². The van der Waals surface area contributed by atoms with E-state index in [0.717, 1.165) is 0 Å². The summed E-state index contributed by atoms with van der Waals surface area (Å²) in [4.78, 5) is 17.0. The zero-order chi connectivity index (χ0) is 17.9. The molecule has 6 nitrogen and oxygen atoms in total. The van der Waals surface area contributed by atoms with E-state index in [1.807, 2.05) is 24.3 Å². The summed E-state index contributed by atoms with van der Waals surface area (Å²) in [6, 6.07) is 15.6. The Bertz CT molecular complexity index is 970. The van der Waals surface area contributed by atoms with Crippen LogP contribution in [0.2, 0.25) is 0 Å². The Kier molecular flexibility index (Phi) is 4.31. The highest BCUT2D eigenvalue weighted by Crippen LogP contribution is 2.33. The van der Waals surface area contributed by atoms with Crippen LogP contribution in [-0.2, 0) is 0 Å². The summed E-state index contributed by atoms with van der Waals surface area (Å²) < 4.78 is 12.3. The van der Waals surface area contributed by atoms with Crippen molar-refractivity contribution < 1.29 is 9.47 Å². The van der Waals surface area contributed by atoms with Gasteiger partial charge in [-0.25, -0.2) is 4.98 Å². The van der Waals surface area contributed by atoms with Crippen molar-refractivity contribution in [3.63, 3.8) is 0 Å². The normalized spacial score (nSPS) is 13.4. The topological polar surface area (TPSA) is 65.4 Å². The van der Waals surface area contributed by atoms with Crippen LogP contribution in [-0.4, -0.2) is 22.9 Å². The molecule has 1 aliphatic heterocycles. The predicted octanol–water partition coefficient (Wildman–Crippen LogP) is 3.18. The maximum Gasteiger partial charge on any atom is 0.297 e. The van der Waals surface area contributed by atoms with Crippen LogP contribution in [0.15, 0.2) is 65.7 Å². The lowest BCUT2D eigenvalue weighted by atomic mass is 10.0. The van der Waals surface area contributed by atoms with Crippen LogP contribution in [0.5, 0.6) is 11.5 Å². The van der Waals surface area contributed by atoms with Gasteiger partial charge in [0, 0.05) is 25.0 Å². The van der Waals surface area contributed by atoms with Crippen LogP contribution in [0.3, 0.4) is 0 Å². The van der Waals surface area contributed by atoms with E-state index >= 15 is 0 Å². The number of rotatable bonds is 5. The Morgan fingerprint density at radius 1 is 1.15 bits per heavy atom. The molecule has 0 bridgehead atoms. The highest BCUT2D eigenvalue weighted by molar-refractivity contribution is 5.50. The Balaban J connectivity index is 1.55. The van der Waals surface area contributed by atoms with Crippen molar-refractivity contribution in [3.8, 4) is 17.2 Å². The van der Waals surface area contributed by atoms with E-state index in [2.05, 4.69) is 29.4 Å². The molecule has 0 amide bonds. The fourth-order valence-corrected chi connectivity index (χ4v) is 2.92. The molecule has 1 aliphatic rings. The standard InChI is InChI=1S/C20H19N3O3/c1-14(15-5-3-2-4-6-15)12-22-19-20(24)23(10-9-21-19)16-7-8-17-18(11-16)26-13-25-17/h2-11,14H,12-13H2,1H3,(H,21,22). The maximum atomic E-state index is 12.8. The first-order chi connectivity index (χ1) is 12.7. The van der Waals surface area contributed by atoms with Crippen LogP contribution in [0.4, 0.5) is 5.82 Å². The third-order valence-corrected chi connectivity index (χ3v) is 4.42. The average molecular weight is 349 g/mol. The third-order valence-electron chi connectivity index (χ3n) is 4.42. The maximum absolute atomic E-state index is 12.8. The molecule has 2 heterocycles. The summed E-state index contributed by atoms with van der Waals surface area (Å²) >= 11 is 0. The van der Waals surface area contributed by atoms with Gasteiger partial charge in [-0.05, 0) is 23.6 Å². The highest BCUT2D eigenvalue weighted by atomic mass is 16.7. The number of anilines is 1. The van der Waals surface area contributed by atoms with Crippen LogP contribution in [0.1, 0.15) is 18.4 Å². The van der Waals surface area contributed by atoms with E-state index in [4.69, 9.17) is 9.47 Å². The minimum Gasteiger partial charge on any atom is -0.454 e. The Morgan fingerprint density at radius 2 is 1.96 bits per heavy atom. The van der Waals surface area contributed by atoms with E-state index in [-0.39, 0.29) is 18.3 Å². The van der Waals surface area contributed by atoms with Gasteiger partial charge in [-0.15, -0.1) is 0 Å². The van der Waals surface area contributed by atoms with Crippen molar-refractivity contribution in [2.45, 2.75) is 12.8 Å². The van der Waals surface area contributed by atoms with Crippen LogP contribution in [0.25, 0.3) is 5.69 Å². The van der Waals surface area contributed by atoms with Crippen molar-refractivity contribution in [2.24, 2.45) is 0 Å². The van der Waals surface area contributed by atoms with Gasteiger partial charge in [0.05, 0.1) is 5.69 Å². The fraction of sp³-hybridized carbons (Fsp3) is 0.200. The molecule has 1 unspecified atom stereocenters. The Hall–Kier alpha value is -3.28.